The number of benzene rings is 3. The van der Waals surface area contributed by atoms with Crippen molar-refractivity contribution in [1.29, 1.82) is 0 Å². The van der Waals surface area contributed by atoms with Crippen molar-refractivity contribution < 1.29 is 4.42 Å². The van der Waals surface area contributed by atoms with Gasteiger partial charge in [0, 0.05) is 33.6 Å². The Labute approximate surface area is 134 Å². The van der Waals surface area contributed by atoms with Crippen LogP contribution in [-0.4, -0.2) is 0 Å². The average molecular weight is 299 g/mol. The van der Waals surface area contributed by atoms with E-state index in [-0.39, 0.29) is 5.41 Å². The Morgan fingerprint density at radius 3 is 2.43 bits per heavy atom. The average Bonchev–Trinajstić information content (AvgIpc) is 2.91. The molecule has 112 valence electrons. The van der Waals surface area contributed by atoms with E-state index in [1.165, 1.54) is 27.6 Å². The second kappa shape index (κ2) is 4.17. The summed E-state index contributed by atoms with van der Waals surface area (Å²) in [5, 5.41) is 5.94. The highest BCUT2D eigenvalue weighted by molar-refractivity contribution is 6.06. The largest absolute Gasteiger partial charge is 0.456 e. The van der Waals surface area contributed by atoms with Crippen LogP contribution in [0.2, 0.25) is 0 Å². The Balaban J connectivity index is 1.86. The van der Waals surface area contributed by atoms with E-state index >= 15 is 0 Å². The zero-order chi connectivity index (χ0) is 15.6. The molecule has 0 radical (unpaired) electrons. The lowest BCUT2D eigenvalue weighted by Gasteiger charge is -2.35. The lowest BCUT2D eigenvalue weighted by molar-refractivity contribution is 0.637. The molecule has 0 spiro atoms. The van der Waals surface area contributed by atoms with Crippen LogP contribution in [0.15, 0.2) is 65.1 Å². The molecule has 0 fully saturated rings. The van der Waals surface area contributed by atoms with Crippen LogP contribution < -0.4 is 5.32 Å². The van der Waals surface area contributed by atoms with Crippen molar-refractivity contribution in [3.8, 4) is 0 Å². The summed E-state index contributed by atoms with van der Waals surface area (Å²) in [5.74, 6) is 0. The number of nitrogens with one attached hydrogen (secondary N) is 1. The summed E-state index contributed by atoms with van der Waals surface area (Å²) in [5.41, 5.74) is 6.81. The molecule has 2 heterocycles. The summed E-state index contributed by atoms with van der Waals surface area (Å²) in [6.07, 6.45) is 0. The van der Waals surface area contributed by atoms with Gasteiger partial charge in [-0.1, -0.05) is 50.2 Å². The summed E-state index contributed by atoms with van der Waals surface area (Å²) in [6.45, 7) is 4.58. The van der Waals surface area contributed by atoms with E-state index < -0.39 is 0 Å². The molecule has 2 nitrogen and oxygen atoms in total. The van der Waals surface area contributed by atoms with Gasteiger partial charge in [0.1, 0.15) is 11.2 Å². The van der Waals surface area contributed by atoms with Gasteiger partial charge in [-0.25, -0.2) is 0 Å². The van der Waals surface area contributed by atoms with E-state index in [0.29, 0.717) is 0 Å². The van der Waals surface area contributed by atoms with E-state index in [4.69, 9.17) is 4.42 Å². The SMILES string of the molecule is CC1(C)c2ccccc2Nc2cc3oc4ccccc4c3cc21. The molecule has 0 aliphatic carbocycles. The molecule has 1 aromatic heterocycles. The maximum Gasteiger partial charge on any atom is 0.137 e. The topological polar surface area (TPSA) is 25.2 Å². The normalized spacial score (nSPS) is 15.2. The zero-order valence-electron chi connectivity index (χ0n) is 13.2. The third-order valence-electron chi connectivity index (χ3n) is 5.06. The number of furan rings is 1. The molecule has 2 heteroatoms. The fraction of sp³-hybridized carbons (Fsp3) is 0.143. The van der Waals surface area contributed by atoms with Gasteiger partial charge in [0.2, 0.25) is 0 Å². The zero-order valence-corrected chi connectivity index (χ0v) is 13.2. The van der Waals surface area contributed by atoms with Gasteiger partial charge in [-0.3, -0.25) is 0 Å². The maximum absolute atomic E-state index is 6.03. The second-order valence-electron chi connectivity index (χ2n) is 6.79. The van der Waals surface area contributed by atoms with Crippen LogP contribution in [0.5, 0.6) is 0 Å². The van der Waals surface area contributed by atoms with Crippen molar-refractivity contribution in [3.63, 3.8) is 0 Å². The Hall–Kier alpha value is -2.74. The van der Waals surface area contributed by atoms with Crippen LogP contribution in [0, 0.1) is 0 Å². The molecule has 0 unspecified atom stereocenters. The van der Waals surface area contributed by atoms with Crippen molar-refractivity contribution in [2.45, 2.75) is 19.3 Å². The lowest BCUT2D eigenvalue weighted by Crippen LogP contribution is -2.25. The minimum Gasteiger partial charge on any atom is -0.456 e. The summed E-state index contributed by atoms with van der Waals surface area (Å²) < 4.78 is 6.03. The number of hydrogen-bond donors (Lipinski definition) is 1. The van der Waals surface area contributed by atoms with Crippen molar-refractivity contribution in [2.24, 2.45) is 0 Å². The monoisotopic (exact) mass is 299 g/mol. The molecule has 4 aromatic rings. The van der Waals surface area contributed by atoms with Crippen LogP contribution in [0.3, 0.4) is 0 Å². The van der Waals surface area contributed by atoms with Crippen LogP contribution in [0.4, 0.5) is 11.4 Å². The molecule has 0 atom stereocenters. The van der Waals surface area contributed by atoms with Crippen molar-refractivity contribution in [2.75, 3.05) is 5.32 Å². The molecule has 0 amide bonds. The highest BCUT2D eigenvalue weighted by Gasteiger charge is 2.33. The van der Waals surface area contributed by atoms with Gasteiger partial charge < -0.3 is 9.73 Å². The Morgan fingerprint density at radius 2 is 1.52 bits per heavy atom. The third-order valence-corrected chi connectivity index (χ3v) is 5.06. The van der Waals surface area contributed by atoms with E-state index in [2.05, 4.69) is 67.7 Å². The third kappa shape index (κ3) is 1.63. The smallest absolute Gasteiger partial charge is 0.137 e. The van der Waals surface area contributed by atoms with E-state index in [1.54, 1.807) is 0 Å². The minimum atomic E-state index is -0.0380. The van der Waals surface area contributed by atoms with Crippen LogP contribution in [0.1, 0.15) is 25.0 Å². The van der Waals surface area contributed by atoms with Crippen LogP contribution in [-0.2, 0) is 5.41 Å². The number of fused-ring (bicyclic) bond motifs is 5. The van der Waals surface area contributed by atoms with Gasteiger partial charge in [-0.15, -0.1) is 0 Å². The van der Waals surface area contributed by atoms with E-state index in [9.17, 15) is 0 Å². The van der Waals surface area contributed by atoms with Crippen molar-refractivity contribution >= 4 is 33.3 Å². The first-order chi connectivity index (χ1) is 11.1. The molecule has 5 rings (SSSR count). The highest BCUT2D eigenvalue weighted by atomic mass is 16.3. The molecule has 0 saturated carbocycles. The van der Waals surface area contributed by atoms with Crippen LogP contribution >= 0.6 is 0 Å². The summed E-state index contributed by atoms with van der Waals surface area (Å²) in [4.78, 5) is 0. The van der Waals surface area contributed by atoms with Crippen LogP contribution in [0.25, 0.3) is 21.9 Å². The molecule has 0 saturated heterocycles. The summed E-state index contributed by atoms with van der Waals surface area (Å²) in [7, 11) is 0. The quantitative estimate of drug-likeness (QED) is 0.433. The first-order valence-corrected chi connectivity index (χ1v) is 7.97. The number of anilines is 2. The van der Waals surface area contributed by atoms with Gasteiger partial charge >= 0.3 is 0 Å². The molecule has 1 N–H and O–H groups in total. The van der Waals surface area contributed by atoms with Gasteiger partial charge in [-0.2, -0.15) is 0 Å². The van der Waals surface area contributed by atoms with Gasteiger partial charge in [-0.05, 0) is 29.3 Å². The molecule has 0 bridgehead atoms. The highest BCUT2D eigenvalue weighted by Crippen LogP contribution is 2.47. The lowest BCUT2D eigenvalue weighted by atomic mass is 9.74. The Kier molecular flexibility index (Phi) is 2.31. The van der Waals surface area contributed by atoms with E-state index in [1.807, 2.05) is 12.1 Å². The standard InChI is InChI=1S/C21H17NO/c1-21(2)15-8-4-5-9-17(15)22-18-12-20-14(11-16(18)21)13-7-3-6-10-19(13)23-20/h3-12,22H,1-2H3. The first-order valence-electron chi connectivity index (χ1n) is 7.97. The fourth-order valence-electron chi connectivity index (χ4n) is 3.82. The van der Waals surface area contributed by atoms with Crippen molar-refractivity contribution in [1.82, 2.24) is 0 Å². The second-order valence-corrected chi connectivity index (χ2v) is 6.79. The summed E-state index contributed by atoms with van der Waals surface area (Å²) in [6, 6.07) is 21.2. The van der Waals surface area contributed by atoms with Crippen molar-refractivity contribution in [3.05, 3.63) is 71.8 Å². The van der Waals surface area contributed by atoms with Gasteiger partial charge in [0.25, 0.3) is 0 Å². The molecule has 3 aromatic carbocycles. The predicted octanol–water partition coefficient (Wildman–Crippen LogP) is 5.97. The Morgan fingerprint density at radius 1 is 0.739 bits per heavy atom. The number of hydrogen-bond acceptors (Lipinski definition) is 2. The molecule has 1 aliphatic rings. The van der Waals surface area contributed by atoms with Gasteiger partial charge in [0.05, 0.1) is 0 Å². The van der Waals surface area contributed by atoms with Gasteiger partial charge in [0.15, 0.2) is 0 Å². The number of para-hydroxylation sites is 2. The minimum absolute atomic E-state index is 0.0380. The maximum atomic E-state index is 6.03. The molecular weight excluding hydrogens is 282 g/mol. The fourth-order valence-corrected chi connectivity index (χ4v) is 3.82. The van der Waals surface area contributed by atoms with E-state index in [0.717, 1.165) is 16.9 Å². The molecule has 1 aliphatic heterocycles. The molecule has 23 heavy (non-hydrogen) atoms. The summed E-state index contributed by atoms with van der Waals surface area (Å²) >= 11 is 0. The predicted molar refractivity (Wildman–Crippen MR) is 95.6 cm³/mol. The molecular formula is C21H17NO. The first kappa shape index (κ1) is 12.8. The Bertz CT molecular complexity index is 1070. The number of rotatable bonds is 0.